The zero-order chi connectivity index (χ0) is 22.5. The third-order valence-electron chi connectivity index (χ3n) is 4.33. The molecular weight excluding hydrogens is 406 g/mol. The summed E-state index contributed by atoms with van der Waals surface area (Å²) in [6, 6.07) is 8.02. The lowest BCUT2D eigenvalue weighted by atomic mass is 9.92. The normalized spacial score (nSPS) is 14.7. The van der Waals surface area contributed by atoms with E-state index < -0.39 is 5.91 Å². The summed E-state index contributed by atoms with van der Waals surface area (Å²) in [5.74, 6) is 0.331. The smallest absolute Gasteiger partial charge is 0.244 e. The van der Waals surface area contributed by atoms with E-state index in [4.69, 9.17) is 14.7 Å². The van der Waals surface area contributed by atoms with Gasteiger partial charge in [0.25, 0.3) is 0 Å². The Balaban J connectivity index is 0.000000325. The van der Waals surface area contributed by atoms with Gasteiger partial charge in [-0.3, -0.25) is 19.1 Å². The molecule has 170 valence electrons. The molecule has 8 nitrogen and oxygen atoms in total. The molecule has 9 heteroatoms. The van der Waals surface area contributed by atoms with Gasteiger partial charge in [-0.1, -0.05) is 13.8 Å². The second kappa shape index (κ2) is 14.2. The molecule has 0 aromatic heterocycles. The highest BCUT2D eigenvalue weighted by Crippen LogP contribution is 2.22. The van der Waals surface area contributed by atoms with Crippen molar-refractivity contribution in [2.75, 3.05) is 47.5 Å². The van der Waals surface area contributed by atoms with Crippen LogP contribution >= 0.6 is 11.9 Å². The molecule has 2 N–H and O–H groups in total. The maximum atomic E-state index is 12.3. The molecule has 0 aliphatic carbocycles. The topological polar surface area (TPSA) is 91.3 Å². The number of hydrogen-bond donors (Lipinski definition) is 2. The Morgan fingerprint density at radius 1 is 1.23 bits per heavy atom. The van der Waals surface area contributed by atoms with Crippen LogP contribution in [0, 0.1) is 11.8 Å². The lowest BCUT2D eigenvalue weighted by Crippen LogP contribution is -2.45. The van der Waals surface area contributed by atoms with Crippen molar-refractivity contribution >= 4 is 23.8 Å². The first-order chi connectivity index (χ1) is 14.3. The van der Waals surface area contributed by atoms with Crippen LogP contribution in [0.15, 0.2) is 29.2 Å². The van der Waals surface area contributed by atoms with Gasteiger partial charge >= 0.3 is 0 Å². The Bertz CT molecular complexity index is 634. The van der Waals surface area contributed by atoms with Gasteiger partial charge in [-0.25, -0.2) is 5.48 Å². The van der Waals surface area contributed by atoms with E-state index in [0.717, 1.165) is 5.75 Å². The molecule has 0 radical (unpaired) electrons. The summed E-state index contributed by atoms with van der Waals surface area (Å²) in [6.07, 6.45) is 0.675. The molecule has 0 spiro atoms. The monoisotopic (exact) mass is 441 g/mol. The van der Waals surface area contributed by atoms with E-state index in [9.17, 15) is 9.59 Å². The average molecular weight is 442 g/mol. The van der Waals surface area contributed by atoms with Crippen LogP contribution in [0.25, 0.3) is 0 Å². The number of ether oxygens (including phenoxy) is 2. The summed E-state index contributed by atoms with van der Waals surface area (Å²) < 4.78 is 12.3. The van der Waals surface area contributed by atoms with Gasteiger partial charge in [0.05, 0.1) is 20.3 Å². The number of nitrogens with zero attached hydrogens (tertiary/aromatic N) is 2. The molecule has 0 saturated carbocycles. The highest BCUT2D eigenvalue weighted by Gasteiger charge is 2.28. The predicted molar refractivity (Wildman–Crippen MR) is 117 cm³/mol. The molecule has 1 saturated heterocycles. The highest BCUT2D eigenvalue weighted by molar-refractivity contribution is 7.97. The third kappa shape index (κ3) is 10.3. The van der Waals surface area contributed by atoms with Crippen LogP contribution in [0.3, 0.4) is 0 Å². The molecule has 1 aliphatic rings. The van der Waals surface area contributed by atoms with Crippen molar-refractivity contribution in [2.24, 2.45) is 11.8 Å². The number of hydrogen-bond acceptors (Lipinski definition) is 7. The van der Waals surface area contributed by atoms with Gasteiger partial charge in [0.1, 0.15) is 5.75 Å². The maximum absolute atomic E-state index is 12.3. The molecular formula is C21H35N3O5S. The van der Waals surface area contributed by atoms with E-state index >= 15 is 0 Å². The summed E-state index contributed by atoms with van der Waals surface area (Å²) in [4.78, 5) is 26.5. The fourth-order valence-corrected chi connectivity index (χ4v) is 3.68. The first-order valence-corrected chi connectivity index (χ1v) is 10.8. The van der Waals surface area contributed by atoms with Crippen LogP contribution < -0.4 is 10.2 Å². The molecule has 1 heterocycles. The summed E-state index contributed by atoms with van der Waals surface area (Å²) in [5, 5.41) is 8.57. The molecule has 2 amide bonds. The lowest BCUT2D eigenvalue weighted by molar-refractivity contribution is -0.144. The molecule has 2 rings (SSSR count). The molecule has 1 aromatic carbocycles. The SMILES string of the molecule is CC(C)C[C@H](CC(=O)NO)C(=O)N1CCOCC1.COc1ccc(SN(C)C)cc1. The van der Waals surface area contributed by atoms with E-state index in [1.54, 1.807) is 29.4 Å². The van der Waals surface area contributed by atoms with Crippen molar-refractivity contribution in [3.05, 3.63) is 24.3 Å². The summed E-state index contributed by atoms with van der Waals surface area (Å²) in [6.45, 7) is 6.27. The minimum atomic E-state index is -0.512. The highest BCUT2D eigenvalue weighted by atomic mass is 32.2. The number of carbonyl (C=O) groups is 2. The van der Waals surface area contributed by atoms with E-state index in [1.165, 1.54) is 4.90 Å². The lowest BCUT2D eigenvalue weighted by Gasteiger charge is -2.30. The van der Waals surface area contributed by atoms with Crippen molar-refractivity contribution in [3.8, 4) is 5.75 Å². The van der Waals surface area contributed by atoms with Gasteiger partial charge in [0, 0.05) is 30.3 Å². The van der Waals surface area contributed by atoms with Crippen molar-refractivity contribution in [1.82, 2.24) is 14.7 Å². The summed E-state index contributed by atoms with van der Waals surface area (Å²) in [7, 11) is 5.72. The number of hydroxylamine groups is 1. The van der Waals surface area contributed by atoms with Crippen LogP contribution in [-0.4, -0.2) is 73.7 Å². The number of amides is 2. The second-order valence-corrected chi connectivity index (χ2v) is 8.97. The first-order valence-electron chi connectivity index (χ1n) is 10.1. The second-order valence-electron chi connectivity index (χ2n) is 7.58. The van der Waals surface area contributed by atoms with Crippen molar-refractivity contribution in [2.45, 2.75) is 31.6 Å². The zero-order valence-electron chi connectivity index (χ0n) is 18.6. The fourth-order valence-electron chi connectivity index (χ4n) is 3.00. The van der Waals surface area contributed by atoms with E-state index in [2.05, 4.69) is 4.31 Å². The Kier molecular flexibility index (Phi) is 12.4. The number of nitrogens with one attached hydrogen (secondary N) is 1. The predicted octanol–water partition coefficient (Wildman–Crippen LogP) is 2.67. The van der Waals surface area contributed by atoms with Gasteiger partial charge in [-0.15, -0.1) is 0 Å². The molecule has 30 heavy (non-hydrogen) atoms. The largest absolute Gasteiger partial charge is 0.497 e. The number of benzene rings is 1. The van der Waals surface area contributed by atoms with Crippen molar-refractivity contribution in [1.29, 1.82) is 0 Å². The van der Waals surface area contributed by atoms with Gasteiger partial charge in [0.15, 0.2) is 0 Å². The minimum Gasteiger partial charge on any atom is -0.497 e. The van der Waals surface area contributed by atoms with Crippen LogP contribution in [0.2, 0.25) is 0 Å². The number of morpholine rings is 1. The number of carbonyl (C=O) groups excluding carboxylic acids is 2. The van der Waals surface area contributed by atoms with Crippen LogP contribution in [0.1, 0.15) is 26.7 Å². The van der Waals surface area contributed by atoms with E-state index in [0.29, 0.717) is 38.6 Å². The maximum Gasteiger partial charge on any atom is 0.244 e. The quantitative estimate of drug-likeness (QED) is 0.364. The van der Waals surface area contributed by atoms with Crippen molar-refractivity contribution < 1.29 is 24.3 Å². The molecule has 1 fully saturated rings. The van der Waals surface area contributed by atoms with Gasteiger partial charge in [0.2, 0.25) is 11.8 Å². The Hall–Kier alpha value is -1.81. The molecule has 0 unspecified atom stereocenters. The fraction of sp³-hybridized carbons (Fsp3) is 0.619. The molecule has 0 bridgehead atoms. The van der Waals surface area contributed by atoms with Crippen LogP contribution in [0.5, 0.6) is 5.75 Å². The zero-order valence-corrected chi connectivity index (χ0v) is 19.4. The van der Waals surface area contributed by atoms with Crippen LogP contribution in [-0.2, 0) is 14.3 Å². The Morgan fingerprint density at radius 3 is 2.30 bits per heavy atom. The first kappa shape index (κ1) is 26.2. The van der Waals surface area contributed by atoms with Crippen LogP contribution in [0.4, 0.5) is 0 Å². The third-order valence-corrected chi connectivity index (χ3v) is 5.18. The minimum absolute atomic E-state index is 0.0180. The van der Waals surface area contributed by atoms with Gasteiger partial charge in [-0.2, -0.15) is 0 Å². The van der Waals surface area contributed by atoms with E-state index in [1.807, 2.05) is 52.2 Å². The Morgan fingerprint density at radius 2 is 1.83 bits per heavy atom. The van der Waals surface area contributed by atoms with E-state index in [-0.39, 0.29) is 18.2 Å². The molecule has 1 aromatic rings. The number of rotatable bonds is 8. The molecule has 1 aliphatic heterocycles. The standard InChI is InChI=1S/C12H22N2O4.C9H13NOS/c1-9(2)7-10(8-11(15)13-17)12(16)14-3-5-18-6-4-14;1-10(2)12-9-6-4-8(11-3)5-7-9/h9-10,17H,3-8H2,1-2H3,(H,13,15);4-7H,1-3H3/t10-;/m1./s1. The molecule has 1 atom stereocenters. The van der Waals surface area contributed by atoms with Crippen molar-refractivity contribution in [3.63, 3.8) is 0 Å². The summed E-state index contributed by atoms with van der Waals surface area (Å²) >= 11 is 1.70. The Labute approximate surface area is 184 Å². The van der Waals surface area contributed by atoms with Gasteiger partial charge in [-0.05, 0) is 62.6 Å². The number of methoxy groups -OCH3 is 1. The average Bonchev–Trinajstić information content (AvgIpc) is 2.73. The summed E-state index contributed by atoms with van der Waals surface area (Å²) in [5.41, 5.74) is 1.59. The van der Waals surface area contributed by atoms with Gasteiger partial charge < -0.3 is 14.4 Å².